The Morgan fingerprint density at radius 1 is 1.15 bits per heavy atom. The van der Waals surface area contributed by atoms with Crippen LogP contribution in [0.25, 0.3) is 22.6 Å². The lowest BCUT2D eigenvalue weighted by Crippen LogP contribution is -2.51. The SMILES string of the molecule is CC(=O)[C@H]1C2CCC(CC2)[C@@H]1Nc1nc(-c2[nH]nc3ncc(F)cc23)nc(C2CC2(F)F)c1F. The summed E-state index contributed by atoms with van der Waals surface area (Å²) in [6.45, 7) is 1.54. The molecule has 3 atom stereocenters. The Hall–Kier alpha value is -3.11. The van der Waals surface area contributed by atoms with Crippen LogP contribution in [0.5, 0.6) is 0 Å². The summed E-state index contributed by atoms with van der Waals surface area (Å²) in [5, 5.41) is 10.0. The third-order valence-corrected chi connectivity index (χ3v) is 7.62. The van der Waals surface area contributed by atoms with Crippen LogP contribution < -0.4 is 5.32 Å². The molecule has 3 aromatic rings. The predicted molar refractivity (Wildman–Crippen MR) is 114 cm³/mol. The summed E-state index contributed by atoms with van der Waals surface area (Å²) in [5.74, 6) is -6.19. The van der Waals surface area contributed by atoms with Crippen LogP contribution in [0.15, 0.2) is 12.3 Å². The highest BCUT2D eigenvalue weighted by atomic mass is 19.3. The van der Waals surface area contributed by atoms with Gasteiger partial charge in [0.2, 0.25) is 0 Å². The maximum atomic E-state index is 15.5. The molecule has 0 aromatic carbocycles. The highest BCUT2D eigenvalue weighted by Crippen LogP contribution is 2.56. The number of nitrogens with one attached hydrogen (secondary N) is 2. The normalized spacial score (nSPS) is 29.4. The van der Waals surface area contributed by atoms with Crippen molar-refractivity contribution in [2.24, 2.45) is 17.8 Å². The van der Waals surface area contributed by atoms with Crippen molar-refractivity contribution in [3.8, 4) is 11.5 Å². The number of rotatable bonds is 5. The number of H-pyrrole nitrogens is 1. The van der Waals surface area contributed by atoms with Crippen LogP contribution in [0.4, 0.5) is 23.4 Å². The number of hydrogen-bond donors (Lipinski definition) is 2. The first-order valence-corrected chi connectivity index (χ1v) is 11.4. The molecule has 34 heavy (non-hydrogen) atoms. The summed E-state index contributed by atoms with van der Waals surface area (Å²) in [5.41, 5.74) is -0.0492. The minimum absolute atomic E-state index is 0.0247. The number of carbonyl (C=O) groups is 1. The van der Waals surface area contributed by atoms with Crippen molar-refractivity contribution >= 4 is 22.6 Å². The minimum atomic E-state index is -3.06. The average Bonchev–Trinajstić information content (AvgIpc) is 3.24. The van der Waals surface area contributed by atoms with Crippen molar-refractivity contribution in [1.29, 1.82) is 0 Å². The Bertz CT molecular complexity index is 1300. The van der Waals surface area contributed by atoms with Gasteiger partial charge in [0, 0.05) is 18.4 Å². The fraction of sp³-hybridized carbons (Fsp3) is 0.522. The van der Waals surface area contributed by atoms with E-state index in [0.29, 0.717) is 0 Å². The second kappa shape index (κ2) is 7.44. The number of Topliss-reactive ketones (excluding diaryl/α,β-unsaturated/α-hetero) is 1. The molecule has 4 saturated carbocycles. The molecule has 0 saturated heterocycles. The number of aromatic nitrogens is 5. The molecule has 7 nitrogen and oxygen atoms in total. The fourth-order valence-corrected chi connectivity index (χ4v) is 5.86. The van der Waals surface area contributed by atoms with E-state index in [1.165, 1.54) is 13.0 Å². The van der Waals surface area contributed by atoms with E-state index in [0.717, 1.165) is 31.9 Å². The van der Waals surface area contributed by atoms with Gasteiger partial charge in [-0.3, -0.25) is 9.89 Å². The maximum absolute atomic E-state index is 15.5. The molecule has 0 amide bonds. The first kappa shape index (κ1) is 21.4. The highest BCUT2D eigenvalue weighted by molar-refractivity contribution is 5.89. The fourth-order valence-electron chi connectivity index (χ4n) is 5.86. The molecule has 2 bridgehead atoms. The third kappa shape index (κ3) is 3.35. The zero-order chi connectivity index (χ0) is 23.8. The van der Waals surface area contributed by atoms with Crippen LogP contribution >= 0.6 is 0 Å². The Labute approximate surface area is 191 Å². The van der Waals surface area contributed by atoms with Crippen molar-refractivity contribution in [2.75, 3.05) is 5.32 Å². The number of hydrogen-bond acceptors (Lipinski definition) is 6. The third-order valence-electron chi connectivity index (χ3n) is 7.62. The summed E-state index contributed by atoms with van der Waals surface area (Å²) in [6, 6.07) is 0.838. The van der Waals surface area contributed by atoms with Crippen LogP contribution in [-0.4, -0.2) is 42.9 Å². The topological polar surface area (TPSA) is 96.5 Å². The molecule has 3 heterocycles. The van der Waals surface area contributed by atoms with E-state index in [9.17, 15) is 18.0 Å². The molecular formula is C23H22F4N6O. The van der Waals surface area contributed by atoms with Gasteiger partial charge in [0.25, 0.3) is 5.92 Å². The molecule has 2 N–H and O–H groups in total. The maximum Gasteiger partial charge on any atom is 0.257 e. The first-order valence-electron chi connectivity index (χ1n) is 11.4. The van der Waals surface area contributed by atoms with Gasteiger partial charge in [0.1, 0.15) is 17.3 Å². The number of nitrogens with zero attached hydrogens (tertiary/aromatic N) is 4. The quantitative estimate of drug-likeness (QED) is 0.524. The highest BCUT2D eigenvalue weighted by Gasteiger charge is 2.60. The molecular weight excluding hydrogens is 452 g/mol. The van der Waals surface area contributed by atoms with Gasteiger partial charge in [-0.15, -0.1) is 0 Å². The number of carbonyl (C=O) groups excluding carboxylic acids is 1. The Balaban J connectivity index is 1.46. The van der Waals surface area contributed by atoms with Crippen LogP contribution in [0.1, 0.15) is 50.6 Å². The molecule has 4 fully saturated rings. The molecule has 4 aliphatic carbocycles. The molecule has 1 unspecified atom stereocenters. The van der Waals surface area contributed by atoms with E-state index in [1.807, 2.05) is 0 Å². The summed E-state index contributed by atoms with van der Waals surface area (Å²) >= 11 is 0. The number of fused-ring (bicyclic) bond motifs is 4. The van der Waals surface area contributed by atoms with E-state index in [4.69, 9.17) is 0 Å². The van der Waals surface area contributed by atoms with Crippen LogP contribution in [0.3, 0.4) is 0 Å². The number of aromatic amines is 1. The lowest BCUT2D eigenvalue weighted by molar-refractivity contribution is -0.126. The Morgan fingerprint density at radius 3 is 2.53 bits per heavy atom. The van der Waals surface area contributed by atoms with E-state index in [1.54, 1.807) is 0 Å². The van der Waals surface area contributed by atoms with Gasteiger partial charge in [-0.25, -0.2) is 32.5 Å². The minimum Gasteiger partial charge on any atom is -0.364 e. The summed E-state index contributed by atoms with van der Waals surface area (Å²) in [7, 11) is 0. The average molecular weight is 474 g/mol. The molecule has 11 heteroatoms. The van der Waals surface area contributed by atoms with Gasteiger partial charge in [0.05, 0.1) is 23.2 Å². The largest absolute Gasteiger partial charge is 0.364 e. The van der Waals surface area contributed by atoms with E-state index >= 15 is 4.39 Å². The summed E-state index contributed by atoms with van der Waals surface area (Å²) in [6.07, 6.45) is 4.21. The molecule has 3 aromatic heterocycles. The van der Waals surface area contributed by atoms with Crippen molar-refractivity contribution in [3.63, 3.8) is 0 Å². The van der Waals surface area contributed by atoms with Gasteiger partial charge in [-0.05, 0) is 50.5 Å². The number of pyridine rings is 1. The zero-order valence-electron chi connectivity index (χ0n) is 18.3. The number of ketones is 1. The lowest BCUT2D eigenvalue weighted by atomic mass is 9.60. The number of alkyl halides is 2. The standard InChI is InChI=1S/C23H22F4N6O/c1-9(34)15-10-2-4-11(5-3-10)17(15)29-21-16(25)19(14-7-23(14,26)27)30-22(31-21)18-13-6-12(24)8-28-20(13)33-32-18/h6,8,10-11,14-15,17H,2-5,7H2,1H3,(H,28,32,33)(H,29,30,31)/t10?,11?,14?,15-,17-/m0/s1. The van der Waals surface area contributed by atoms with Gasteiger partial charge in [-0.2, -0.15) is 5.10 Å². The molecule has 0 aliphatic heterocycles. The summed E-state index contributed by atoms with van der Waals surface area (Å²) < 4.78 is 57.3. The molecule has 7 rings (SSSR count). The molecule has 178 valence electrons. The van der Waals surface area contributed by atoms with Crippen molar-refractivity contribution in [2.45, 2.75) is 56.9 Å². The van der Waals surface area contributed by atoms with Crippen molar-refractivity contribution < 1.29 is 22.4 Å². The smallest absolute Gasteiger partial charge is 0.257 e. The van der Waals surface area contributed by atoms with Crippen LogP contribution in [0.2, 0.25) is 0 Å². The molecule has 0 radical (unpaired) electrons. The van der Waals surface area contributed by atoms with Crippen molar-refractivity contribution in [3.05, 3.63) is 29.6 Å². The van der Waals surface area contributed by atoms with Crippen LogP contribution in [0, 0.1) is 29.4 Å². The van der Waals surface area contributed by atoms with Gasteiger partial charge in [0.15, 0.2) is 23.1 Å². The Kier molecular flexibility index (Phi) is 4.69. The predicted octanol–water partition coefficient (Wildman–Crippen LogP) is 4.62. The van der Waals surface area contributed by atoms with E-state index in [-0.39, 0.29) is 57.9 Å². The molecule has 0 spiro atoms. The van der Waals surface area contributed by atoms with E-state index < -0.39 is 35.6 Å². The molecule has 4 aliphatic rings. The first-order chi connectivity index (χ1) is 16.2. The Morgan fingerprint density at radius 2 is 1.85 bits per heavy atom. The van der Waals surface area contributed by atoms with Gasteiger partial charge in [-0.1, -0.05) is 0 Å². The van der Waals surface area contributed by atoms with Gasteiger partial charge < -0.3 is 5.32 Å². The number of halogens is 4. The monoisotopic (exact) mass is 474 g/mol. The van der Waals surface area contributed by atoms with E-state index in [2.05, 4.69) is 30.5 Å². The van der Waals surface area contributed by atoms with Crippen LogP contribution in [-0.2, 0) is 4.79 Å². The van der Waals surface area contributed by atoms with Crippen molar-refractivity contribution in [1.82, 2.24) is 25.1 Å². The second-order valence-corrected chi connectivity index (χ2v) is 9.72. The summed E-state index contributed by atoms with van der Waals surface area (Å²) in [4.78, 5) is 24.8. The zero-order valence-corrected chi connectivity index (χ0v) is 18.3. The number of anilines is 1. The second-order valence-electron chi connectivity index (χ2n) is 9.72. The van der Waals surface area contributed by atoms with Gasteiger partial charge >= 0.3 is 0 Å². The lowest BCUT2D eigenvalue weighted by Gasteiger charge is -2.48.